The van der Waals surface area contributed by atoms with E-state index in [4.69, 9.17) is 0 Å². The maximum absolute atomic E-state index is 12.5. The second-order valence-corrected chi connectivity index (χ2v) is 4.81. The molecular formula is C11H11F3N4S. The molecule has 102 valence electrons. The van der Waals surface area contributed by atoms with Gasteiger partial charge < -0.3 is 5.32 Å². The number of aryl methyl sites for hydroxylation is 1. The predicted molar refractivity (Wildman–Crippen MR) is 67.0 cm³/mol. The quantitative estimate of drug-likeness (QED) is 0.941. The molecule has 1 N–H and O–H groups in total. The van der Waals surface area contributed by atoms with Crippen molar-refractivity contribution in [2.75, 3.05) is 11.9 Å². The fraction of sp³-hybridized carbons (Fsp3) is 0.364. The summed E-state index contributed by atoms with van der Waals surface area (Å²) in [4.78, 5) is 12.1. The minimum atomic E-state index is -4.42. The van der Waals surface area contributed by atoms with Gasteiger partial charge in [-0.2, -0.15) is 13.2 Å². The van der Waals surface area contributed by atoms with Crippen LogP contribution >= 0.6 is 11.3 Å². The highest BCUT2D eigenvalue weighted by atomic mass is 32.1. The van der Waals surface area contributed by atoms with Crippen molar-refractivity contribution in [2.24, 2.45) is 0 Å². The summed E-state index contributed by atoms with van der Waals surface area (Å²) in [7, 11) is 0. The third kappa shape index (κ3) is 3.19. The van der Waals surface area contributed by atoms with Gasteiger partial charge in [0, 0.05) is 18.4 Å². The lowest BCUT2D eigenvalue weighted by atomic mass is 10.3. The first-order valence-corrected chi connectivity index (χ1v) is 6.34. The van der Waals surface area contributed by atoms with Crippen LogP contribution in [-0.2, 0) is 6.18 Å². The average Bonchev–Trinajstić information content (AvgIpc) is 2.77. The van der Waals surface area contributed by atoms with Gasteiger partial charge in [0.15, 0.2) is 5.01 Å². The Labute approximate surface area is 111 Å². The summed E-state index contributed by atoms with van der Waals surface area (Å²) in [6, 6.07) is 1.63. The largest absolute Gasteiger partial charge is 0.443 e. The Morgan fingerprint density at radius 1 is 1.32 bits per heavy atom. The number of rotatable bonds is 3. The number of hydrogen-bond acceptors (Lipinski definition) is 5. The predicted octanol–water partition coefficient (Wildman–Crippen LogP) is 3.36. The molecule has 0 atom stereocenters. The van der Waals surface area contributed by atoms with Gasteiger partial charge in [0.05, 0.1) is 10.6 Å². The Balaban J connectivity index is 2.38. The monoisotopic (exact) mass is 288 g/mol. The molecule has 0 aliphatic rings. The number of alkyl halides is 3. The van der Waals surface area contributed by atoms with Crippen molar-refractivity contribution in [1.29, 1.82) is 0 Å². The van der Waals surface area contributed by atoms with E-state index in [9.17, 15) is 13.2 Å². The lowest BCUT2D eigenvalue weighted by Crippen LogP contribution is -2.03. The van der Waals surface area contributed by atoms with Gasteiger partial charge in [-0.3, -0.25) is 0 Å². The molecule has 19 heavy (non-hydrogen) atoms. The SMILES string of the molecule is CCNc1nc(C)cc(-c2cnc(C(F)(F)F)s2)n1. The zero-order chi connectivity index (χ0) is 14.0. The Morgan fingerprint density at radius 2 is 2.05 bits per heavy atom. The molecule has 0 radical (unpaired) electrons. The fourth-order valence-corrected chi connectivity index (χ4v) is 2.20. The molecule has 0 spiro atoms. The van der Waals surface area contributed by atoms with E-state index < -0.39 is 11.2 Å². The van der Waals surface area contributed by atoms with Gasteiger partial charge in [-0.25, -0.2) is 15.0 Å². The van der Waals surface area contributed by atoms with Crippen molar-refractivity contribution in [3.63, 3.8) is 0 Å². The van der Waals surface area contributed by atoms with Crippen LogP contribution in [0.25, 0.3) is 10.6 Å². The molecule has 2 heterocycles. The second-order valence-electron chi connectivity index (χ2n) is 3.78. The summed E-state index contributed by atoms with van der Waals surface area (Å²) in [6.45, 7) is 4.29. The molecule has 0 aliphatic carbocycles. The first kappa shape index (κ1) is 13.7. The van der Waals surface area contributed by atoms with Crippen LogP contribution in [0.4, 0.5) is 19.1 Å². The van der Waals surface area contributed by atoms with Crippen LogP contribution in [0.5, 0.6) is 0 Å². The summed E-state index contributed by atoms with van der Waals surface area (Å²) < 4.78 is 37.5. The topological polar surface area (TPSA) is 50.7 Å². The maximum Gasteiger partial charge on any atom is 0.443 e. The molecule has 2 aromatic rings. The van der Waals surface area contributed by atoms with Gasteiger partial charge in [-0.05, 0) is 19.9 Å². The van der Waals surface area contributed by atoms with Crippen LogP contribution in [-0.4, -0.2) is 21.5 Å². The highest BCUT2D eigenvalue weighted by Gasteiger charge is 2.34. The van der Waals surface area contributed by atoms with Gasteiger partial charge in [-0.15, -0.1) is 11.3 Å². The normalized spacial score (nSPS) is 11.6. The fourth-order valence-electron chi connectivity index (χ4n) is 1.46. The van der Waals surface area contributed by atoms with Gasteiger partial charge in [-0.1, -0.05) is 0 Å². The maximum atomic E-state index is 12.5. The lowest BCUT2D eigenvalue weighted by Gasteiger charge is -2.04. The van der Waals surface area contributed by atoms with E-state index >= 15 is 0 Å². The van der Waals surface area contributed by atoms with Crippen LogP contribution in [0.3, 0.4) is 0 Å². The second kappa shape index (κ2) is 5.12. The van der Waals surface area contributed by atoms with E-state index in [0.29, 0.717) is 40.1 Å². The first-order chi connectivity index (χ1) is 8.90. The van der Waals surface area contributed by atoms with E-state index in [1.165, 1.54) is 6.20 Å². The average molecular weight is 288 g/mol. The molecule has 0 aliphatic heterocycles. The summed E-state index contributed by atoms with van der Waals surface area (Å²) in [5.41, 5.74) is 1.12. The smallest absolute Gasteiger partial charge is 0.354 e. The standard InChI is InChI=1S/C11H11F3N4S/c1-3-15-10-17-6(2)4-7(18-10)8-5-16-9(19-8)11(12,13)14/h4-5H,3H2,1-2H3,(H,15,17,18). The van der Waals surface area contributed by atoms with Crippen LogP contribution in [0.15, 0.2) is 12.3 Å². The van der Waals surface area contributed by atoms with Crippen LogP contribution < -0.4 is 5.32 Å². The van der Waals surface area contributed by atoms with Crippen molar-refractivity contribution in [1.82, 2.24) is 15.0 Å². The molecule has 0 bridgehead atoms. The zero-order valence-corrected chi connectivity index (χ0v) is 11.1. The number of thiazole rings is 1. The van der Waals surface area contributed by atoms with Crippen LogP contribution in [0.2, 0.25) is 0 Å². The van der Waals surface area contributed by atoms with E-state index in [1.807, 2.05) is 6.92 Å². The molecular weight excluding hydrogens is 277 g/mol. The Bertz CT molecular complexity index is 580. The molecule has 0 saturated heterocycles. The number of nitrogens with one attached hydrogen (secondary N) is 1. The number of hydrogen-bond donors (Lipinski definition) is 1. The number of aromatic nitrogens is 3. The molecule has 8 heteroatoms. The van der Waals surface area contributed by atoms with Crippen molar-refractivity contribution in [2.45, 2.75) is 20.0 Å². The highest BCUT2D eigenvalue weighted by Crippen LogP contribution is 2.35. The van der Waals surface area contributed by atoms with Crippen molar-refractivity contribution >= 4 is 17.3 Å². The van der Waals surface area contributed by atoms with Gasteiger partial charge in [0.1, 0.15) is 0 Å². The third-order valence-electron chi connectivity index (χ3n) is 2.19. The third-order valence-corrected chi connectivity index (χ3v) is 3.25. The van der Waals surface area contributed by atoms with Crippen molar-refractivity contribution in [3.05, 3.63) is 23.0 Å². The Kier molecular flexibility index (Phi) is 3.70. The number of halogens is 3. The highest BCUT2D eigenvalue weighted by molar-refractivity contribution is 7.15. The van der Waals surface area contributed by atoms with Crippen LogP contribution in [0.1, 0.15) is 17.6 Å². The molecule has 2 rings (SSSR count). The van der Waals surface area contributed by atoms with Gasteiger partial charge >= 0.3 is 6.18 Å². The van der Waals surface area contributed by atoms with Crippen molar-refractivity contribution in [3.8, 4) is 10.6 Å². The first-order valence-electron chi connectivity index (χ1n) is 5.53. The molecule has 0 saturated carbocycles. The Morgan fingerprint density at radius 3 is 2.63 bits per heavy atom. The van der Waals surface area contributed by atoms with E-state index in [2.05, 4.69) is 20.3 Å². The molecule has 2 aromatic heterocycles. The lowest BCUT2D eigenvalue weighted by molar-refractivity contribution is -0.137. The summed E-state index contributed by atoms with van der Waals surface area (Å²) >= 11 is 0.574. The summed E-state index contributed by atoms with van der Waals surface area (Å²) in [5.74, 6) is 0.402. The molecule has 0 unspecified atom stereocenters. The molecule has 4 nitrogen and oxygen atoms in total. The number of anilines is 1. The van der Waals surface area contributed by atoms with Gasteiger partial charge in [0.2, 0.25) is 5.95 Å². The van der Waals surface area contributed by atoms with E-state index in [1.54, 1.807) is 13.0 Å². The molecule has 0 fully saturated rings. The Hall–Kier alpha value is -1.70. The van der Waals surface area contributed by atoms with E-state index in [0.717, 1.165) is 0 Å². The minimum absolute atomic E-state index is 0.372. The summed E-state index contributed by atoms with van der Waals surface area (Å²) in [5, 5.41) is 2.06. The minimum Gasteiger partial charge on any atom is -0.354 e. The molecule has 0 aromatic carbocycles. The number of nitrogens with zero attached hydrogens (tertiary/aromatic N) is 3. The van der Waals surface area contributed by atoms with E-state index in [-0.39, 0.29) is 0 Å². The van der Waals surface area contributed by atoms with Crippen molar-refractivity contribution < 1.29 is 13.2 Å². The summed E-state index contributed by atoms with van der Waals surface area (Å²) in [6.07, 6.45) is -3.24. The zero-order valence-electron chi connectivity index (χ0n) is 10.2. The molecule has 0 amide bonds. The van der Waals surface area contributed by atoms with Gasteiger partial charge in [0.25, 0.3) is 0 Å². The van der Waals surface area contributed by atoms with Crippen LogP contribution in [0, 0.1) is 6.92 Å².